The highest BCUT2D eigenvalue weighted by molar-refractivity contribution is 7.19. The van der Waals surface area contributed by atoms with E-state index in [9.17, 15) is 0 Å². The smallest absolute Gasteiger partial charge is 0.208 e. The Labute approximate surface area is 160 Å². The van der Waals surface area contributed by atoms with Crippen LogP contribution in [0, 0.1) is 0 Å². The molecular weight excluding hydrogens is 362 g/mol. The maximum Gasteiger partial charge on any atom is 0.226 e. The Bertz CT molecular complexity index is 1150. The van der Waals surface area contributed by atoms with Gasteiger partial charge < -0.3 is 0 Å². The average molecular weight is 376 g/mol. The molecule has 0 N–H and O–H groups in total. The van der Waals surface area contributed by atoms with Crippen molar-refractivity contribution >= 4 is 39.1 Å². The summed E-state index contributed by atoms with van der Waals surface area (Å²) >= 11 is 8.04. The first-order chi connectivity index (χ1) is 12.8. The van der Waals surface area contributed by atoms with Crippen molar-refractivity contribution in [2.24, 2.45) is 0 Å². The van der Waals surface area contributed by atoms with Crippen LogP contribution >= 0.6 is 22.9 Å². The predicted octanol–water partition coefficient (Wildman–Crippen LogP) is 6.03. The maximum atomic E-state index is 6.18. The molecule has 0 fully saturated rings. The lowest BCUT2D eigenvalue weighted by Crippen LogP contribution is -1.97. The number of hydrogen-bond acceptors (Lipinski definition) is 4. The molecule has 0 aliphatic heterocycles. The molecule has 2 aromatic heterocycles. The van der Waals surface area contributed by atoms with Gasteiger partial charge in [-0.05, 0) is 41.5 Å². The van der Waals surface area contributed by atoms with Gasteiger partial charge in [-0.2, -0.15) is 9.97 Å². The van der Waals surface area contributed by atoms with Gasteiger partial charge in [-0.1, -0.05) is 54.6 Å². The quantitative estimate of drug-likeness (QED) is 0.429. The van der Waals surface area contributed by atoms with E-state index in [4.69, 9.17) is 11.6 Å². The molecule has 2 aromatic carbocycles. The summed E-state index contributed by atoms with van der Waals surface area (Å²) in [6, 6.07) is 16.2. The Kier molecular flexibility index (Phi) is 3.80. The summed E-state index contributed by atoms with van der Waals surface area (Å²) in [5.74, 6) is 1.20. The van der Waals surface area contributed by atoms with Crippen LogP contribution in [-0.2, 0) is 6.42 Å². The molecule has 1 aliphatic carbocycles. The van der Waals surface area contributed by atoms with E-state index in [2.05, 4.69) is 45.3 Å². The summed E-state index contributed by atoms with van der Waals surface area (Å²) in [6.07, 6.45) is 6.73. The van der Waals surface area contributed by atoms with Crippen LogP contribution in [0.15, 0.2) is 54.6 Å². The molecule has 0 spiro atoms. The summed E-state index contributed by atoms with van der Waals surface area (Å²) in [5, 5.41) is 1.51. The lowest BCUT2D eigenvalue weighted by molar-refractivity contribution is 1.02. The number of aryl methyl sites for hydroxylation is 1. The van der Waals surface area contributed by atoms with E-state index in [1.165, 1.54) is 20.5 Å². The monoisotopic (exact) mass is 375 g/mol. The van der Waals surface area contributed by atoms with Crippen molar-refractivity contribution in [1.29, 1.82) is 0 Å². The topological polar surface area (TPSA) is 38.7 Å². The van der Waals surface area contributed by atoms with Gasteiger partial charge in [-0.3, -0.25) is 0 Å². The van der Waals surface area contributed by atoms with E-state index in [1.54, 1.807) is 0 Å². The Morgan fingerprint density at radius 3 is 2.54 bits per heavy atom. The number of nitrogens with zero attached hydrogens (tertiary/aromatic N) is 3. The minimum absolute atomic E-state index is 0.211. The van der Waals surface area contributed by atoms with Crippen molar-refractivity contribution in [1.82, 2.24) is 15.0 Å². The second-order valence-corrected chi connectivity index (χ2v) is 7.68. The number of fused-ring (bicyclic) bond motifs is 3. The van der Waals surface area contributed by atoms with E-state index >= 15 is 0 Å². The number of rotatable bonds is 2. The van der Waals surface area contributed by atoms with Crippen LogP contribution in [0.4, 0.5) is 0 Å². The molecule has 0 saturated carbocycles. The van der Waals surface area contributed by atoms with E-state index in [0.29, 0.717) is 11.6 Å². The highest BCUT2D eigenvalue weighted by atomic mass is 35.5. The molecule has 0 unspecified atom stereocenters. The zero-order chi connectivity index (χ0) is 17.5. The molecule has 126 valence electrons. The maximum absolute atomic E-state index is 6.18. The fraction of sp³-hybridized carbons (Fsp3) is 0.0952. The van der Waals surface area contributed by atoms with Crippen LogP contribution in [0.3, 0.4) is 0 Å². The van der Waals surface area contributed by atoms with Gasteiger partial charge in [-0.15, -0.1) is 11.3 Å². The molecule has 0 amide bonds. The highest BCUT2D eigenvalue weighted by Gasteiger charge is 2.15. The summed E-state index contributed by atoms with van der Waals surface area (Å²) < 4.78 is 1.26. The fourth-order valence-electron chi connectivity index (χ4n) is 3.29. The minimum Gasteiger partial charge on any atom is -0.208 e. The second-order valence-electron chi connectivity index (χ2n) is 6.21. The van der Waals surface area contributed by atoms with Gasteiger partial charge in [0.2, 0.25) is 5.28 Å². The van der Waals surface area contributed by atoms with Gasteiger partial charge in [0, 0.05) is 20.7 Å². The summed E-state index contributed by atoms with van der Waals surface area (Å²) in [7, 11) is 0. The Morgan fingerprint density at radius 2 is 1.69 bits per heavy atom. The number of hydrogen-bond donors (Lipinski definition) is 0. The summed E-state index contributed by atoms with van der Waals surface area (Å²) in [5.41, 5.74) is 3.25. The zero-order valence-corrected chi connectivity index (χ0v) is 15.4. The molecule has 1 aliphatic rings. The van der Waals surface area contributed by atoms with Crippen molar-refractivity contribution in [3.05, 3.63) is 70.3 Å². The lowest BCUT2D eigenvalue weighted by atomic mass is 10.0. The van der Waals surface area contributed by atoms with Gasteiger partial charge in [-0.25, -0.2) is 4.98 Å². The molecule has 5 heteroatoms. The Morgan fingerprint density at radius 1 is 0.885 bits per heavy atom. The van der Waals surface area contributed by atoms with Crippen molar-refractivity contribution in [3.63, 3.8) is 0 Å². The molecule has 0 bridgehead atoms. The van der Waals surface area contributed by atoms with Crippen LogP contribution in [0.2, 0.25) is 5.28 Å². The van der Waals surface area contributed by atoms with Crippen LogP contribution in [0.1, 0.15) is 16.9 Å². The average Bonchev–Trinajstić information content (AvgIpc) is 3.06. The lowest BCUT2D eigenvalue weighted by Gasteiger charge is -2.05. The van der Waals surface area contributed by atoms with Gasteiger partial charge in [0.1, 0.15) is 0 Å². The van der Waals surface area contributed by atoms with Crippen LogP contribution < -0.4 is 0 Å². The van der Waals surface area contributed by atoms with Crippen molar-refractivity contribution in [2.75, 3.05) is 0 Å². The predicted molar refractivity (Wildman–Crippen MR) is 108 cm³/mol. The number of allylic oxidation sites excluding steroid dienone is 1. The molecule has 0 atom stereocenters. The first kappa shape index (κ1) is 15.7. The highest BCUT2D eigenvalue weighted by Crippen LogP contribution is 2.37. The third-order valence-corrected chi connectivity index (χ3v) is 5.92. The number of aromatic nitrogens is 3. The van der Waals surface area contributed by atoms with Crippen LogP contribution in [0.25, 0.3) is 38.9 Å². The molecule has 0 saturated heterocycles. The van der Waals surface area contributed by atoms with Crippen molar-refractivity contribution < 1.29 is 0 Å². The van der Waals surface area contributed by atoms with E-state index in [1.807, 2.05) is 41.7 Å². The normalized spacial score (nSPS) is 13.1. The van der Waals surface area contributed by atoms with Crippen LogP contribution in [0.5, 0.6) is 0 Å². The third kappa shape index (κ3) is 2.71. The summed E-state index contributed by atoms with van der Waals surface area (Å²) in [6.45, 7) is 0. The first-order valence-corrected chi connectivity index (χ1v) is 9.67. The number of halogens is 1. The fourth-order valence-corrected chi connectivity index (χ4v) is 4.69. The largest absolute Gasteiger partial charge is 0.226 e. The second kappa shape index (κ2) is 6.31. The number of benzene rings is 2. The molecule has 0 radical (unpaired) electrons. The third-order valence-electron chi connectivity index (χ3n) is 4.53. The van der Waals surface area contributed by atoms with Crippen molar-refractivity contribution in [2.45, 2.75) is 12.8 Å². The van der Waals surface area contributed by atoms with E-state index in [-0.39, 0.29) is 5.28 Å². The van der Waals surface area contributed by atoms with Gasteiger partial charge in [0.15, 0.2) is 11.6 Å². The van der Waals surface area contributed by atoms with Gasteiger partial charge in [0.25, 0.3) is 0 Å². The van der Waals surface area contributed by atoms with Gasteiger partial charge in [0.05, 0.1) is 0 Å². The first-order valence-electron chi connectivity index (χ1n) is 8.47. The van der Waals surface area contributed by atoms with E-state index < -0.39 is 0 Å². The molecule has 4 aromatic rings. The minimum atomic E-state index is 0.211. The molecule has 3 nitrogen and oxygen atoms in total. The standard InChI is InChI=1S/C21H14ClN3S/c22-21-24-19(13-6-2-1-3-7-13)23-20(25-21)14-10-11-16-15-8-4-5-9-17(15)26-18(16)12-14/h1-4,6-8,10-12H,5,9H2. The molecule has 5 rings (SSSR count). The molecule has 2 heterocycles. The van der Waals surface area contributed by atoms with Crippen LogP contribution in [-0.4, -0.2) is 15.0 Å². The molecular formula is C21H14ClN3S. The van der Waals surface area contributed by atoms with Gasteiger partial charge >= 0.3 is 0 Å². The Hall–Kier alpha value is -2.56. The Balaban J connectivity index is 1.64. The molecule has 26 heavy (non-hydrogen) atoms. The zero-order valence-electron chi connectivity index (χ0n) is 13.8. The number of thiophene rings is 1. The van der Waals surface area contributed by atoms with Crippen molar-refractivity contribution in [3.8, 4) is 22.8 Å². The summed E-state index contributed by atoms with van der Waals surface area (Å²) in [4.78, 5) is 14.7. The van der Waals surface area contributed by atoms with E-state index in [0.717, 1.165) is 24.0 Å². The SMILES string of the molecule is Clc1nc(-c2ccccc2)nc(-c2ccc3c4c(sc3c2)CCC=C4)n1.